The number of alkyl halides is 2. The van der Waals surface area contributed by atoms with E-state index in [1.807, 2.05) is 13.0 Å². The molecule has 4 nitrogen and oxygen atoms in total. The van der Waals surface area contributed by atoms with Gasteiger partial charge in [0.05, 0.1) is 5.69 Å². The minimum Gasteiger partial charge on any atom is -0.364 e. The van der Waals surface area contributed by atoms with Gasteiger partial charge in [0.1, 0.15) is 11.3 Å². The molecule has 2 aromatic rings. The van der Waals surface area contributed by atoms with Crippen LogP contribution in [0.25, 0.3) is 5.65 Å². The first-order valence-electron chi connectivity index (χ1n) is 6.40. The van der Waals surface area contributed by atoms with E-state index in [9.17, 15) is 13.6 Å². The number of fused-ring (bicyclic) bond motifs is 1. The number of rotatable bonds is 2. The average molecular weight is 279 g/mol. The molecule has 1 fully saturated rings. The normalized spacial score (nSPS) is 19.8. The number of hydrogen-bond acceptors (Lipinski definition) is 2. The summed E-state index contributed by atoms with van der Waals surface area (Å²) in [5, 5.41) is 0. The molecule has 0 spiro atoms. The van der Waals surface area contributed by atoms with Gasteiger partial charge in [0.25, 0.3) is 5.91 Å². The first-order valence-corrected chi connectivity index (χ1v) is 6.40. The van der Waals surface area contributed by atoms with Crippen LogP contribution < -0.4 is 5.73 Å². The third-order valence-electron chi connectivity index (χ3n) is 4.02. The zero-order valence-electron chi connectivity index (χ0n) is 11.3. The topological polar surface area (TPSA) is 60.4 Å². The average Bonchev–Trinajstić information content (AvgIpc) is 2.64. The van der Waals surface area contributed by atoms with Crippen molar-refractivity contribution >= 4 is 11.6 Å². The van der Waals surface area contributed by atoms with Gasteiger partial charge in [0.15, 0.2) is 0 Å². The molecule has 1 amide bonds. The number of primary amides is 1. The highest BCUT2D eigenvalue weighted by atomic mass is 19.3. The summed E-state index contributed by atoms with van der Waals surface area (Å²) < 4.78 is 28.3. The van der Waals surface area contributed by atoms with Gasteiger partial charge in [-0.2, -0.15) is 0 Å². The lowest BCUT2D eigenvalue weighted by molar-refractivity contribution is -0.122. The van der Waals surface area contributed by atoms with Gasteiger partial charge >= 0.3 is 0 Å². The fourth-order valence-electron chi connectivity index (χ4n) is 3.21. The fraction of sp³-hybridized carbons (Fsp3) is 0.429. The van der Waals surface area contributed by atoms with Gasteiger partial charge in [-0.25, -0.2) is 13.8 Å². The van der Waals surface area contributed by atoms with Crippen LogP contribution in [-0.2, 0) is 5.41 Å². The first kappa shape index (κ1) is 13.0. The number of aryl methyl sites for hydroxylation is 1. The number of hydrogen-bond donors (Lipinski definition) is 1. The smallest absolute Gasteiger partial charge is 0.269 e. The van der Waals surface area contributed by atoms with E-state index in [0.29, 0.717) is 11.3 Å². The summed E-state index contributed by atoms with van der Waals surface area (Å²) in [5.74, 6) is -3.22. The van der Waals surface area contributed by atoms with Crippen molar-refractivity contribution in [3.8, 4) is 0 Å². The second kappa shape index (κ2) is 3.77. The quantitative estimate of drug-likeness (QED) is 0.917. The highest BCUT2D eigenvalue weighted by Gasteiger charge is 2.55. The number of pyridine rings is 1. The maximum absolute atomic E-state index is 13.3. The molecular weight excluding hydrogens is 264 g/mol. The molecule has 3 rings (SSSR count). The number of amides is 1. The Kier molecular flexibility index (Phi) is 2.46. The van der Waals surface area contributed by atoms with Crippen LogP contribution in [0.2, 0.25) is 0 Å². The molecular formula is C14H15F2N3O. The highest BCUT2D eigenvalue weighted by molar-refractivity contribution is 5.92. The monoisotopic (exact) mass is 279 g/mol. The molecule has 0 aromatic carbocycles. The molecule has 2 heterocycles. The minimum absolute atomic E-state index is 0.187. The van der Waals surface area contributed by atoms with Gasteiger partial charge in [-0.05, 0) is 19.1 Å². The van der Waals surface area contributed by atoms with Crippen molar-refractivity contribution < 1.29 is 13.6 Å². The Hall–Kier alpha value is -1.98. The predicted molar refractivity (Wildman–Crippen MR) is 70.0 cm³/mol. The lowest BCUT2D eigenvalue weighted by atomic mass is 9.65. The standard InChI is InChI=1S/C14H15F2N3O/c1-8-11(12(17)20)18-10-5-3-4-9(19(8)10)13(2)6-14(15,16)7-13/h3-5H,6-7H2,1-2H3,(H2,17,20). The molecule has 0 radical (unpaired) electrons. The molecule has 0 aliphatic heterocycles. The van der Waals surface area contributed by atoms with E-state index in [0.717, 1.165) is 5.69 Å². The zero-order valence-corrected chi connectivity index (χ0v) is 11.3. The molecule has 2 aromatic heterocycles. The van der Waals surface area contributed by atoms with Gasteiger partial charge in [-0.15, -0.1) is 0 Å². The molecule has 20 heavy (non-hydrogen) atoms. The minimum atomic E-state index is -2.61. The lowest BCUT2D eigenvalue weighted by Crippen LogP contribution is -2.48. The second-order valence-corrected chi connectivity index (χ2v) is 5.78. The number of aromatic nitrogens is 2. The van der Waals surface area contributed by atoms with E-state index in [-0.39, 0.29) is 18.5 Å². The molecule has 106 valence electrons. The van der Waals surface area contributed by atoms with E-state index in [1.165, 1.54) is 0 Å². The van der Waals surface area contributed by atoms with Crippen molar-refractivity contribution in [3.63, 3.8) is 0 Å². The summed E-state index contributed by atoms with van der Waals surface area (Å²) in [6.07, 6.45) is -0.384. The maximum atomic E-state index is 13.3. The molecule has 1 aliphatic rings. The second-order valence-electron chi connectivity index (χ2n) is 5.78. The van der Waals surface area contributed by atoms with Crippen LogP contribution in [0.1, 0.15) is 41.6 Å². The largest absolute Gasteiger partial charge is 0.364 e. The highest BCUT2D eigenvalue weighted by Crippen LogP contribution is 2.53. The maximum Gasteiger partial charge on any atom is 0.269 e. The first-order chi connectivity index (χ1) is 9.23. The molecule has 0 unspecified atom stereocenters. The summed E-state index contributed by atoms with van der Waals surface area (Å²) in [4.78, 5) is 15.5. The molecule has 2 N–H and O–H groups in total. The van der Waals surface area contributed by atoms with Crippen molar-refractivity contribution in [2.45, 2.75) is 38.0 Å². The molecule has 1 aliphatic carbocycles. The zero-order chi connectivity index (χ0) is 14.7. The number of carbonyl (C=O) groups is 1. The number of nitrogens with zero attached hydrogens (tertiary/aromatic N) is 2. The molecule has 6 heteroatoms. The van der Waals surface area contributed by atoms with Gasteiger partial charge in [-0.1, -0.05) is 13.0 Å². The van der Waals surface area contributed by atoms with Gasteiger partial charge in [0, 0.05) is 24.0 Å². The Bertz CT molecular complexity index is 713. The third-order valence-corrected chi connectivity index (χ3v) is 4.02. The summed E-state index contributed by atoms with van der Waals surface area (Å²) in [5.41, 5.74) is 6.78. The number of imidazole rings is 1. The Morgan fingerprint density at radius 2 is 2.05 bits per heavy atom. The summed E-state index contributed by atoms with van der Waals surface area (Å²) in [6, 6.07) is 5.31. The van der Waals surface area contributed by atoms with Crippen molar-refractivity contribution in [3.05, 3.63) is 35.3 Å². The van der Waals surface area contributed by atoms with Crippen LogP contribution in [0.5, 0.6) is 0 Å². The third kappa shape index (κ3) is 1.71. The van der Waals surface area contributed by atoms with Gasteiger partial charge in [-0.3, -0.25) is 9.20 Å². The molecule has 1 saturated carbocycles. The van der Waals surface area contributed by atoms with E-state index in [1.54, 1.807) is 23.5 Å². The number of carbonyl (C=O) groups excluding carboxylic acids is 1. The fourth-order valence-corrected chi connectivity index (χ4v) is 3.21. The van der Waals surface area contributed by atoms with Crippen molar-refractivity contribution in [2.75, 3.05) is 0 Å². The van der Waals surface area contributed by atoms with Crippen LogP contribution >= 0.6 is 0 Å². The Balaban J connectivity index is 2.20. The van der Waals surface area contributed by atoms with Crippen LogP contribution in [0.3, 0.4) is 0 Å². The molecule has 0 saturated heterocycles. The van der Waals surface area contributed by atoms with Gasteiger partial charge < -0.3 is 5.73 Å². The van der Waals surface area contributed by atoms with E-state index >= 15 is 0 Å². The Morgan fingerprint density at radius 3 is 2.60 bits per heavy atom. The van der Waals surface area contributed by atoms with Gasteiger partial charge in [0.2, 0.25) is 5.92 Å². The van der Waals surface area contributed by atoms with Crippen molar-refractivity contribution in [2.24, 2.45) is 5.73 Å². The Morgan fingerprint density at radius 1 is 1.40 bits per heavy atom. The van der Waals surface area contributed by atoms with Crippen molar-refractivity contribution in [1.29, 1.82) is 0 Å². The van der Waals surface area contributed by atoms with Crippen LogP contribution in [0, 0.1) is 6.92 Å². The number of halogens is 2. The van der Waals surface area contributed by atoms with Crippen molar-refractivity contribution in [1.82, 2.24) is 9.38 Å². The SMILES string of the molecule is Cc1c(C(N)=O)nc2cccc(C3(C)CC(F)(F)C3)n12. The number of nitrogens with two attached hydrogens (primary N) is 1. The van der Waals surface area contributed by atoms with E-state index < -0.39 is 17.2 Å². The van der Waals surface area contributed by atoms with Crippen LogP contribution in [0.15, 0.2) is 18.2 Å². The molecule has 0 atom stereocenters. The summed E-state index contributed by atoms with van der Waals surface area (Å²) >= 11 is 0. The Labute approximate surface area is 114 Å². The van der Waals surface area contributed by atoms with E-state index in [4.69, 9.17) is 5.73 Å². The van der Waals surface area contributed by atoms with Crippen LogP contribution in [-0.4, -0.2) is 21.2 Å². The predicted octanol–water partition coefficient (Wildman–Crippen LogP) is 2.43. The lowest BCUT2D eigenvalue weighted by Gasteiger charge is -2.45. The van der Waals surface area contributed by atoms with E-state index in [2.05, 4.69) is 4.98 Å². The van der Waals surface area contributed by atoms with Crippen LogP contribution in [0.4, 0.5) is 8.78 Å². The molecule has 0 bridgehead atoms. The summed E-state index contributed by atoms with van der Waals surface area (Å²) in [7, 11) is 0. The summed E-state index contributed by atoms with van der Waals surface area (Å²) in [6.45, 7) is 3.53.